The molecule has 78 valence electrons. The van der Waals surface area contributed by atoms with Crippen LogP contribution in [0.25, 0.3) is 0 Å². The Bertz CT molecular complexity index is 280. The van der Waals surface area contributed by atoms with Crippen LogP contribution < -0.4 is 0 Å². The summed E-state index contributed by atoms with van der Waals surface area (Å²) in [6.07, 6.45) is 4.76. The quantitative estimate of drug-likeness (QED) is 0.863. The molecule has 1 aromatic heterocycles. The summed E-state index contributed by atoms with van der Waals surface area (Å²) in [6, 6.07) is 0. The summed E-state index contributed by atoms with van der Waals surface area (Å²) in [5.74, 6) is 1.19. The van der Waals surface area contributed by atoms with Gasteiger partial charge in [0.15, 0.2) is 0 Å². The van der Waals surface area contributed by atoms with E-state index in [1.54, 1.807) is 11.3 Å². The molecule has 0 aromatic carbocycles. The Labute approximate surface area is 92.8 Å². The molecular formula is C10H15NOS2. The fourth-order valence-electron chi connectivity index (χ4n) is 1.81. The molecule has 0 radical (unpaired) electrons. The lowest BCUT2D eigenvalue weighted by molar-refractivity contribution is 0.134. The maximum atomic E-state index is 10.1. The van der Waals surface area contributed by atoms with E-state index in [1.165, 1.54) is 17.1 Å². The van der Waals surface area contributed by atoms with Gasteiger partial charge in [-0.15, -0.1) is 11.3 Å². The van der Waals surface area contributed by atoms with Crippen LogP contribution in [-0.2, 0) is 6.42 Å². The third-order valence-corrected chi connectivity index (χ3v) is 5.26. The zero-order valence-electron chi connectivity index (χ0n) is 8.27. The fourth-order valence-corrected chi connectivity index (χ4v) is 3.77. The number of aromatic nitrogens is 1. The minimum absolute atomic E-state index is 0.0734. The predicted octanol–water partition coefficient (Wildman–Crippen LogP) is 2.33. The SMILES string of the molecule is CC1(C(O)Cc2cncs2)CCCS1. The van der Waals surface area contributed by atoms with E-state index in [-0.39, 0.29) is 10.9 Å². The maximum absolute atomic E-state index is 10.1. The van der Waals surface area contributed by atoms with Gasteiger partial charge < -0.3 is 5.11 Å². The highest BCUT2D eigenvalue weighted by Gasteiger charge is 2.36. The second kappa shape index (κ2) is 4.21. The predicted molar refractivity (Wildman–Crippen MR) is 61.9 cm³/mol. The Balaban J connectivity index is 1.98. The molecule has 1 N–H and O–H groups in total. The van der Waals surface area contributed by atoms with E-state index < -0.39 is 0 Å². The molecule has 2 unspecified atom stereocenters. The van der Waals surface area contributed by atoms with Crippen LogP contribution >= 0.6 is 23.1 Å². The molecule has 2 atom stereocenters. The second-order valence-electron chi connectivity index (χ2n) is 3.95. The number of nitrogens with zero attached hydrogens (tertiary/aromatic N) is 1. The van der Waals surface area contributed by atoms with Gasteiger partial charge in [-0.1, -0.05) is 0 Å². The van der Waals surface area contributed by atoms with Crippen molar-refractivity contribution in [2.24, 2.45) is 0 Å². The van der Waals surface area contributed by atoms with Crippen molar-refractivity contribution in [3.63, 3.8) is 0 Å². The summed E-state index contributed by atoms with van der Waals surface area (Å²) in [7, 11) is 0. The highest BCUT2D eigenvalue weighted by Crippen LogP contribution is 2.41. The minimum atomic E-state index is -0.226. The molecule has 14 heavy (non-hydrogen) atoms. The Kier molecular flexibility index (Phi) is 3.14. The lowest BCUT2D eigenvalue weighted by Gasteiger charge is -2.28. The molecule has 1 saturated heterocycles. The van der Waals surface area contributed by atoms with Crippen LogP contribution in [0.15, 0.2) is 11.7 Å². The van der Waals surface area contributed by atoms with Crippen LogP contribution in [0.5, 0.6) is 0 Å². The van der Waals surface area contributed by atoms with Crippen molar-refractivity contribution in [1.82, 2.24) is 4.98 Å². The molecule has 0 saturated carbocycles. The molecule has 0 spiro atoms. The van der Waals surface area contributed by atoms with E-state index in [0.29, 0.717) is 0 Å². The summed E-state index contributed by atoms with van der Waals surface area (Å²) in [4.78, 5) is 5.21. The molecule has 2 rings (SSSR count). The van der Waals surface area contributed by atoms with Crippen LogP contribution in [0, 0.1) is 0 Å². The van der Waals surface area contributed by atoms with E-state index in [1.807, 2.05) is 23.5 Å². The van der Waals surface area contributed by atoms with Gasteiger partial charge in [-0.05, 0) is 25.5 Å². The molecule has 1 aliphatic rings. The molecule has 0 aliphatic carbocycles. The van der Waals surface area contributed by atoms with E-state index in [2.05, 4.69) is 11.9 Å². The number of hydrogen-bond acceptors (Lipinski definition) is 4. The van der Waals surface area contributed by atoms with Crippen LogP contribution in [0.2, 0.25) is 0 Å². The summed E-state index contributed by atoms with van der Waals surface area (Å²) in [5, 5.41) is 10.1. The average Bonchev–Trinajstić information content (AvgIpc) is 2.76. The summed E-state index contributed by atoms with van der Waals surface area (Å²) in [5.41, 5.74) is 1.83. The first-order chi connectivity index (χ1) is 6.71. The van der Waals surface area contributed by atoms with Crippen molar-refractivity contribution in [3.05, 3.63) is 16.6 Å². The van der Waals surface area contributed by atoms with Gasteiger partial charge in [0.05, 0.1) is 11.6 Å². The Morgan fingerprint density at radius 1 is 1.71 bits per heavy atom. The normalized spacial score (nSPS) is 29.3. The molecule has 1 aromatic rings. The first-order valence-electron chi connectivity index (χ1n) is 4.90. The van der Waals surface area contributed by atoms with Gasteiger partial charge >= 0.3 is 0 Å². The molecule has 2 nitrogen and oxygen atoms in total. The second-order valence-corrected chi connectivity index (χ2v) is 6.55. The molecule has 4 heteroatoms. The Hall–Kier alpha value is -0.0600. The first kappa shape index (κ1) is 10.5. The lowest BCUT2D eigenvalue weighted by Crippen LogP contribution is -2.35. The minimum Gasteiger partial charge on any atom is -0.391 e. The number of thiazole rings is 1. The van der Waals surface area contributed by atoms with Gasteiger partial charge in [-0.3, -0.25) is 4.98 Å². The van der Waals surface area contributed by atoms with Crippen LogP contribution in [0.1, 0.15) is 24.6 Å². The lowest BCUT2D eigenvalue weighted by atomic mass is 9.96. The van der Waals surface area contributed by atoms with E-state index in [9.17, 15) is 5.11 Å². The smallest absolute Gasteiger partial charge is 0.0794 e. The highest BCUT2D eigenvalue weighted by molar-refractivity contribution is 8.00. The van der Waals surface area contributed by atoms with Crippen molar-refractivity contribution < 1.29 is 5.11 Å². The molecule has 1 fully saturated rings. The number of aliphatic hydroxyl groups excluding tert-OH is 1. The van der Waals surface area contributed by atoms with Gasteiger partial charge in [0.25, 0.3) is 0 Å². The van der Waals surface area contributed by atoms with Gasteiger partial charge in [0.1, 0.15) is 0 Å². The van der Waals surface area contributed by atoms with Crippen molar-refractivity contribution in [2.75, 3.05) is 5.75 Å². The summed E-state index contributed by atoms with van der Waals surface area (Å²) < 4.78 is 0.0734. The van der Waals surface area contributed by atoms with Crippen molar-refractivity contribution in [1.29, 1.82) is 0 Å². The first-order valence-corrected chi connectivity index (χ1v) is 6.77. The van der Waals surface area contributed by atoms with Crippen LogP contribution in [-0.4, -0.2) is 26.7 Å². The largest absolute Gasteiger partial charge is 0.391 e. The molecule has 0 bridgehead atoms. The average molecular weight is 229 g/mol. The molecule has 0 amide bonds. The maximum Gasteiger partial charge on any atom is 0.0794 e. The highest BCUT2D eigenvalue weighted by atomic mass is 32.2. The van der Waals surface area contributed by atoms with Gasteiger partial charge in [0, 0.05) is 22.2 Å². The van der Waals surface area contributed by atoms with Crippen LogP contribution in [0.4, 0.5) is 0 Å². The molecule has 2 heterocycles. The number of thioether (sulfide) groups is 1. The number of rotatable bonds is 3. The van der Waals surface area contributed by atoms with Crippen molar-refractivity contribution >= 4 is 23.1 Å². The van der Waals surface area contributed by atoms with Gasteiger partial charge in [-0.25, -0.2) is 0 Å². The fraction of sp³-hybridized carbons (Fsp3) is 0.700. The molecule has 1 aliphatic heterocycles. The van der Waals surface area contributed by atoms with Gasteiger partial charge in [-0.2, -0.15) is 11.8 Å². The zero-order valence-corrected chi connectivity index (χ0v) is 9.90. The van der Waals surface area contributed by atoms with E-state index in [4.69, 9.17) is 0 Å². The van der Waals surface area contributed by atoms with E-state index >= 15 is 0 Å². The standard InChI is InChI=1S/C10H15NOS2/c1-10(3-2-4-14-10)9(12)5-8-6-11-7-13-8/h6-7,9,12H,2-5H2,1H3. The Morgan fingerprint density at radius 2 is 2.57 bits per heavy atom. The number of aliphatic hydroxyl groups is 1. The molecular weight excluding hydrogens is 214 g/mol. The third kappa shape index (κ3) is 2.12. The zero-order chi connectivity index (χ0) is 10.0. The van der Waals surface area contributed by atoms with Crippen molar-refractivity contribution in [3.8, 4) is 0 Å². The van der Waals surface area contributed by atoms with Crippen molar-refractivity contribution in [2.45, 2.75) is 37.0 Å². The third-order valence-electron chi connectivity index (χ3n) is 2.83. The monoisotopic (exact) mass is 229 g/mol. The van der Waals surface area contributed by atoms with Crippen LogP contribution in [0.3, 0.4) is 0 Å². The van der Waals surface area contributed by atoms with E-state index in [0.717, 1.165) is 12.8 Å². The summed E-state index contributed by atoms with van der Waals surface area (Å²) >= 11 is 3.54. The summed E-state index contributed by atoms with van der Waals surface area (Å²) in [6.45, 7) is 2.18. The Morgan fingerprint density at radius 3 is 3.14 bits per heavy atom. The topological polar surface area (TPSA) is 33.1 Å². The van der Waals surface area contributed by atoms with Gasteiger partial charge in [0.2, 0.25) is 0 Å². The number of hydrogen-bond donors (Lipinski definition) is 1.